The molecule has 0 spiro atoms. The van der Waals surface area contributed by atoms with Gasteiger partial charge in [-0.2, -0.15) is 0 Å². The number of hydrogen-bond acceptors (Lipinski definition) is 2. The van der Waals surface area contributed by atoms with Gasteiger partial charge in [0.2, 0.25) is 0 Å². The second kappa shape index (κ2) is 5.71. The Hall–Kier alpha value is -0.0800. The number of rotatable bonds is 2. The van der Waals surface area contributed by atoms with E-state index in [1.807, 2.05) is 0 Å². The van der Waals surface area contributed by atoms with Crippen LogP contribution in [0.1, 0.15) is 58.8 Å². The van der Waals surface area contributed by atoms with Gasteiger partial charge in [0.15, 0.2) is 0 Å². The van der Waals surface area contributed by atoms with Crippen molar-refractivity contribution in [2.75, 3.05) is 0 Å². The van der Waals surface area contributed by atoms with E-state index in [-0.39, 0.29) is 0 Å². The Balaban J connectivity index is 1.78. The minimum absolute atomic E-state index is 0.463. The van der Waals surface area contributed by atoms with Gasteiger partial charge < -0.3 is 11.5 Å². The maximum absolute atomic E-state index is 6.10. The van der Waals surface area contributed by atoms with Gasteiger partial charge in [-0.25, -0.2) is 0 Å². The summed E-state index contributed by atoms with van der Waals surface area (Å²) in [6.45, 7) is 4.66. The summed E-state index contributed by atoms with van der Waals surface area (Å²) in [7, 11) is 0. The van der Waals surface area contributed by atoms with E-state index in [9.17, 15) is 0 Å². The smallest absolute Gasteiger partial charge is 0.00647 e. The van der Waals surface area contributed by atoms with Crippen LogP contribution in [0, 0.1) is 23.7 Å². The van der Waals surface area contributed by atoms with Crippen LogP contribution in [0.3, 0.4) is 0 Å². The Labute approximate surface area is 107 Å². The van der Waals surface area contributed by atoms with Crippen LogP contribution in [-0.2, 0) is 0 Å². The zero-order chi connectivity index (χ0) is 12.4. The summed E-state index contributed by atoms with van der Waals surface area (Å²) in [6, 6.07) is 0.926. The molecule has 0 saturated heterocycles. The Morgan fingerprint density at radius 1 is 0.765 bits per heavy atom. The fourth-order valence-corrected chi connectivity index (χ4v) is 3.96. The Morgan fingerprint density at radius 3 is 1.53 bits per heavy atom. The average Bonchev–Trinajstić information content (AvgIpc) is 2.29. The molecule has 0 amide bonds. The summed E-state index contributed by atoms with van der Waals surface area (Å²) < 4.78 is 0. The third-order valence-electron chi connectivity index (χ3n) is 5.36. The number of hydrogen-bond donors (Lipinski definition) is 2. The van der Waals surface area contributed by atoms with Crippen molar-refractivity contribution in [1.82, 2.24) is 0 Å². The van der Waals surface area contributed by atoms with Crippen LogP contribution in [0.25, 0.3) is 0 Å². The lowest BCUT2D eigenvalue weighted by Gasteiger charge is -2.37. The summed E-state index contributed by atoms with van der Waals surface area (Å²) in [5.74, 6) is 3.35. The molecule has 0 aromatic heterocycles. The molecule has 6 atom stereocenters. The molecule has 0 heterocycles. The monoisotopic (exact) mass is 238 g/mol. The predicted octanol–water partition coefficient (Wildman–Crippen LogP) is 2.90. The normalized spacial score (nSPS) is 48.0. The highest BCUT2D eigenvalue weighted by atomic mass is 14.7. The molecule has 2 aliphatic carbocycles. The van der Waals surface area contributed by atoms with Gasteiger partial charge in [0.25, 0.3) is 0 Å². The van der Waals surface area contributed by atoms with E-state index in [0.29, 0.717) is 12.1 Å². The number of nitrogens with two attached hydrogens (primary N) is 2. The lowest BCUT2D eigenvalue weighted by atomic mass is 9.71. The van der Waals surface area contributed by atoms with E-state index in [4.69, 9.17) is 11.5 Å². The summed E-state index contributed by atoms with van der Waals surface area (Å²) in [4.78, 5) is 0. The van der Waals surface area contributed by atoms with Crippen molar-refractivity contribution < 1.29 is 0 Å². The van der Waals surface area contributed by atoms with Crippen molar-refractivity contribution in [2.45, 2.75) is 70.9 Å². The van der Waals surface area contributed by atoms with Crippen molar-refractivity contribution in [3.63, 3.8) is 0 Å². The summed E-state index contributed by atoms with van der Waals surface area (Å²) in [6.07, 6.45) is 9.37. The quantitative estimate of drug-likeness (QED) is 0.777. The molecule has 100 valence electrons. The van der Waals surface area contributed by atoms with Crippen LogP contribution in [0.5, 0.6) is 0 Å². The SMILES string of the molecule is CC1CC(CC2CCC(N)[C@@H](C)C2)CCC1N. The van der Waals surface area contributed by atoms with Crippen LogP contribution in [0.4, 0.5) is 0 Å². The first-order chi connectivity index (χ1) is 8.06. The van der Waals surface area contributed by atoms with Gasteiger partial charge in [-0.15, -0.1) is 0 Å². The Kier molecular flexibility index (Phi) is 4.48. The second-order valence-corrected chi connectivity index (χ2v) is 6.88. The molecule has 2 aliphatic rings. The molecule has 17 heavy (non-hydrogen) atoms. The zero-order valence-corrected chi connectivity index (χ0v) is 11.6. The van der Waals surface area contributed by atoms with Crippen molar-refractivity contribution in [2.24, 2.45) is 35.1 Å². The molecule has 5 unspecified atom stereocenters. The van der Waals surface area contributed by atoms with E-state index in [2.05, 4.69) is 13.8 Å². The van der Waals surface area contributed by atoms with Crippen LogP contribution >= 0.6 is 0 Å². The molecule has 0 radical (unpaired) electrons. The van der Waals surface area contributed by atoms with Crippen molar-refractivity contribution in [1.29, 1.82) is 0 Å². The highest BCUT2D eigenvalue weighted by Gasteiger charge is 2.30. The van der Waals surface area contributed by atoms with Gasteiger partial charge in [0, 0.05) is 12.1 Å². The third-order valence-corrected chi connectivity index (χ3v) is 5.36. The van der Waals surface area contributed by atoms with Crippen LogP contribution in [-0.4, -0.2) is 12.1 Å². The van der Waals surface area contributed by atoms with Gasteiger partial charge in [0.05, 0.1) is 0 Å². The molecular weight excluding hydrogens is 208 g/mol. The molecule has 0 aromatic rings. The van der Waals surface area contributed by atoms with Crippen molar-refractivity contribution in [3.8, 4) is 0 Å². The maximum atomic E-state index is 6.10. The summed E-state index contributed by atoms with van der Waals surface area (Å²) in [5.41, 5.74) is 12.2. The van der Waals surface area contributed by atoms with E-state index in [1.54, 1.807) is 0 Å². The van der Waals surface area contributed by atoms with Gasteiger partial charge in [-0.1, -0.05) is 13.8 Å². The summed E-state index contributed by atoms with van der Waals surface area (Å²) >= 11 is 0. The fourth-order valence-electron chi connectivity index (χ4n) is 3.96. The molecule has 2 heteroatoms. The second-order valence-electron chi connectivity index (χ2n) is 6.88. The van der Waals surface area contributed by atoms with Crippen molar-refractivity contribution in [3.05, 3.63) is 0 Å². The first-order valence-corrected chi connectivity index (χ1v) is 7.57. The van der Waals surface area contributed by atoms with Crippen LogP contribution < -0.4 is 11.5 Å². The summed E-state index contributed by atoms with van der Waals surface area (Å²) in [5, 5.41) is 0. The lowest BCUT2D eigenvalue weighted by molar-refractivity contribution is 0.169. The molecule has 2 rings (SSSR count). The molecule has 2 saturated carbocycles. The van der Waals surface area contributed by atoms with Gasteiger partial charge in [0.1, 0.15) is 0 Å². The highest BCUT2D eigenvalue weighted by molar-refractivity contribution is 4.85. The maximum Gasteiger partial charge on any atom is 0.00647 e. The molecule has 2 nitrogen and oxygen atoms in total. The van der Waals surface area contributed by atoms with E-state index < -0.39 is 0 Å². The van der Waals surface area contributed by atoms with Crippen LogP contribution in [0.2, 0.25) is 0 Å². The first-order valence-electron chi connectivity index (χ1n) is 7.57. The third kappa shape index (κ3) is 3.45. The van der Waals surface area contributed by atoms with E-state index in [0.717, 1.165) is 23.7 Å². The van der Waals surface area contributed by atoms with Crippen LogP contribution in [0.15, 0.2) is 0 Å². The largest absolute Gasteiger partial charge is 0.327 e. The Bertz CT molecular complexity index is 217. The first kappa shape index (κ1) is 13.4. The predicted molar refractivity (Wildman–Crippen MR) is 73.6 cm³/mol. The molecule has 0 aromatic carbocycles. The highest BCUT2D eigenvalue weighted by Crippen LogP contribution is 2.38. The molecular formula is C15H30N2. The van der Waals surface area contributed by atoms with Gasteiger partial charge >= 0.3 is 0 Å². The minimum atomic E-state index is 0.463. The van der Waals surface area contributed by atoms with Gasteiger partial charge in [-0.05, 0) is 68.6 Å². The molecule has 2 fully saturated rings. The zero-order valence-electron chi connectivity index (χ0n) is 11.6. The molecule has 0 aliphatic heterocycles. The Morgan fingerprint density at radius 2 is 1.18 bits per heavy atom. The fraction of sp³-hybridized carbons (Fsp3) is 1.00. The minimum Gasteiger partial charge on any atom is -0.327 e. The molecule has 4 N–H and O–H groups in total. The van der Waals surface area contributed by atoms with Gasteiger partial charge in [-0.3, -0.25) is 0 Å². The standard InChI is InChI=1S/C15H30N2/c1-10-7-12(3-5-14(10)16)9-13-4-6-15(17)11(2)8-13/h10-15H,3-9,16-17H2,1-2H3/t10-,11?,12?,13?,14?,15?/m0/s1. The lowest BCUT2D eigenvalue weighted by Crippen LogP contribution is -2.37. The van der Waals surface area contributed by atoms with E-state index >= 15 is 0 Å². The molecule has 0 bridgehead atoms. The van der Waals surface area contributed by atoms with E-state index in [1.165, 1.54) is 44.9 Å². The van der Waals surface area contributed by atoms with Crippen molar-refractivity contribution >= 4 is 0 Å². The topological polar surface area (TPSA) is 52.0 Å². The average molecular weight is 238 g/mol.